The van der Waals surface area contributed by atoms with Crippen molar-refractivity contribution >= 4 is 44.3 Å². The van der Waals surface area contributed by atoms with Crippen molar-refractivity contribution in [1.82, 2.24) is 14.2 Å². The summed E-state index contributed by atoms with van der Waals surface area (Å²) in [5.41, 5.74) is 0.222. The third-order valence-electron chi connectivity index (χ3n) is 4.63. The van der Waals surface area contributed by atoms with Gasteiger partial charge in [-0.05, 0) is 25.1 Å². The smallest absolute Gasteiger partial charge is 0.357 e. The molecule has 2 aromatic rings. The van der Waals surface area contributed by atoms with Crippen LogP contribution in [0.1, 0.15) is 34.7 Å². The molecule has 1 fully saturated rings. The number of benzene rings is 1. The van der Waals surface area contributed by atoms with E-state index in [0.29, 0.717) is 13.1 Å². The molecular formula is C19H22N4O6S2. The average Bonchev–Trinajstić information content (AvgIpc) is 3.22. The fraction of sp³-hybridized carbons (Fsp3) is 0.368. The lowest BCUT2D eigenvalue weighted by Gasteiger charge is -2.33. The van der Waals surface area contributed by atoms with Gasteiger partial charge in [0.25, 0.3) is 5.91 Å². The van der Waals surface area contributed by atoms with Crippen LogP contribution in [0.5, 0.6) is 0 Å². The summed E-state index contributed by atoms with van der Waals surface area (Å²) in [6.45, 7) is 4.36. The topological polar surface area (TPSA) is 126 Å². The first-order valence-electron chi connectivity index (χ1n) is 9.52. The van der Waals surface area contributed by atoms with Crippen molar-refractivity contribution < 1.29 is 27.5 Å². The van der Waals surface area contributed by atoms with Gasteiger partial charge in [-0.15, -0.1) is 11.3 Å². The van der Waals surface area contributed by atoms with E-state index in [1.807, 2.05) is 0 Å². The minimum absolute atomic E-state index is 0.0113. The summed E-state index contributed by atoms with van der Waals surface area (Å²) in [6, 6.07) is 5.69. The molecule has 0 aliphatic carbocycles. The van der Waals surface area contributed by atoms with Gasteiger partial charge in [-0.1, -0.05) is 6.07 Å². The predicted molar refractivity (Wildman–Crippen MR) is 113 cm³/mol. The molecule has 2 heterocycles. The van der Waals surface area contributed by atoms with Crippen LogP contribution in [0.25, 0.3) is 0 Å². The second-order valence-electron chi connectivity index (χ2n) is 6.65. The number of esters is 1. The van der Waals surface area contributed by atoms with Gasteiger partial charge in [0.05, 0.1) is 11.5 Å². The van der Waals surface area contributed by atoms with Crippen LogP contribution >= 0.6 is 11.3 Å². The number of rotatable bonds is 6. The second-order valence-corrected chi connectivity index (χ2v) is 9.45. The van der Waals surface area contributed by atoms with Gasteiger partial charge in [-0.25, -0.2) is 18.2 Å². The maximum Gasteiger partial charge on any atom is 0.357 e. The highest BCUT2D eigenvalue weighted by atomic mass is 32.2. The monoisotopic (exact) mass is 466 g/mol. The Balaban J connectivity index is 1.71. The Labute approximate surface area is 183 Å². The minimum Gasteiger partial charge on any atom is -0.461 e. The van der Waals surface area contributed by atoms with Crippen molar-refractivity contribution in [3.63, 3.8) is 0 Å². The number of sulfonamides is 1. The molecule has 0 bridgehead atoms. The number of ether oxygens (including phenoxy) is 1. The van der Waals surface area contributed by atoms with E-state index in [9.17, 15) is 22.8 Å². The molecule has 0 spiro atoms. The highest BCUT2D eigenvalue weighted by molar-refractivity contribution is 7.89. The first-order valence-corrected chi connectivity index (χ1v) is 11.8. The molecule has 10 nitrogen and oxygen atoms in total. The number of carbonyl (C=O) groups excluding carboxylic acids is 3. The van der Waals surface area contributed by atoms with E-state index in [1.54, 1.807) is 11.8 Å². The van der Waals surface area contributed by atoms with Gasteiger partial charge in [0.1, 0.15) is 0 Å². The van der Waals surface area contributed by atoms with E-state index in [0.717, 1.165) is 11.3 Å². The Bertz CT molecular complexity index is 1090. The summed E-state index contributed by atoms with van der Waals surface area (Å²) in [4.78, 5) is 41.3. The standard InChI is InChI=1S/C19H22N4O6S2/c1-3-29-18(26)16-12-30-19(20-16)21-17(25)14-5-4-6-15(11-14)31(27,28)23-9-7-22(8-10-23)13(2)24/h4-6,11-12H,3,7-10H2,1-2H3,(H,20,21,25). The minimum atomic E-state index is -3.81. The van der Waals surface area contributed by atoms with Gasteiger partial charge in [-0.2, -0.15) is 4.31 Å². The summed E-state index contributed by atoms with van der Waals surface area (Å²) >= 11 is 1.06. The lowest BCUT2D eigenvalue weighted by atomic mass is 10.2. The first kappa shape index (κ1) is 22.8. The zero-order valence-electron chi connectivity index (χ0n) is 17.0. The Morgan fingerprint density at radius 2 is 1.90 bits per heavy atom. The van der Waals surface area contributed by atoms with E-state index in [4.69, 9.17) is 4.74 Å². The van der Waals surface area contributed by atoms with Gasteiger partial charge in [-0.3, -0.25) is 14.9 Å². The Hall–Kier alpha value is -2.83. The molecule has 2 amide bonds. The van der Waals surface area contributed by atoms with Gasteiger partial charge < -0.3 is 9.64 Å². The molecule has 166 valence electrons. The van der Waals surface area contributed by atoms with Crippen LogP contribution in [0, 0.1) is 0 Å². The number of hydrogen-bond acceptors (Lipinski definition) is 8. The lowest BCUT2D eigenvalue weighted by molar-refractivity contribution is -0.129. The molecule has 1 aromatic carbocycles. The number of amides is 2. The zero-order chi connectivity index (χ0) is 22.6. The third-order valence-corrected chi connectivity index (χ3v) is 7.28. The van der Waals surface area contributed by atoms with E-state index in [2.05, 4.69) is 10.3 Å². The van der Waals surface area contributed by atoms with Crippen molar-refractivity contribution in [3.8, 4) is 0 Å². The summed E-state index contributed by atoms with van der Waals surface area (Å²) in [5.74, 6) is -1.23. The maximum absolute atomic E-state index is 13.0. The first-order chi connectivity index (χ1) is 14.7. The molecule has 3 rings (SSSR count). The molecule has 1 saturated heterocycles. The molecule has 1 aliphatic heterocycles. The highest BCUT2D eigenvalue weighted by Crippen LogP contribution is 2.21. The molecule has 1 aromatic heterocycles. The van der Waals surface area contributed by atoms with Crippen LogP contribution in [0.3, 0.4) is 0 Å². The summed E-state index contributed by atoms with van der Waals surface area (Å²) < 4.78 is 32.1. The van der Waals surface area contributed by atoms with Crippen LogP contribution in [0.2, 0.25) is 0 Å². The van der Waals surface area contributed by atoms with Crippen LogP contribution < -0.4 is 5.32 Å². The van der Waals surface area contributed by atoms with Gasteiger partial charge >= 0.3 is 5.97 Å². The molecule has 0 atom stereocenters. The number of aromatic nitrogens is 1. The number of nitrogens with zero attached hydrogens (tertiary/aromatic N) is 3. The predicted octanol–water partition coefficient (Wildman–Crippen LogP) is 1.42. The number of hydrogen-bond donors (Lipinski definition) is 1. The number of nitrogens with one attached hydrogen (secondary N) is 1. The van der Waals surface area contributed by atoms with Crippen molar-refractivity contribution in [3.05, 3.63) is 40.9 Å². The number of piperazine rings is 1. The molecule has 0 saturated carbocycles. The third kappa shape index (κ3) is 5.27. The van der Waals surface area contributed by atoms with Gasteiger partial charge in [0.15, 0.2) is 10.8 Å². The van der Waals surface area contributed by atoms with Crippen LogP contribution in [-0.2, 0) is 19.6 Å². The molecule has 12 heteroatoms. The summed E-state index contributed by atoms with van der Waals surface area (Å²) in [7, 11) is -3.81. The highest BCUT2D eigenvalue weighted by Gasteiger charge is 2.29. The van der Waals surface area contributed by atoms with Gasteiger partial charge in [0, 0.05) is 44.0 Å². The van der Waals surface area contributed by atoms with Crippen molar-refractivity contribution in [1.29, 1.82) is 0 Å². The molecule has 31 heavy (non-hydrogen) atoms. The normalized spacial score (nSPS) is 14.8. The molecule has 1 N–H and O–H groups in total. The van der Waals surface area contributed by atoms with Crippen molar-refractivity contribution in [2.24, 2.45) is 0 Å². The number of thiazole rings is 1. The quantitative estimate of drug-likeness (QED) is 0.638. The Morgan fingerprint density at radius 3 is 2.55 bits per heavy atom. The van der Waals surface area contributed by atoms with E-state index in [1.165, 1.54) is 40.9 Å². The largest absolute Gasteiger partial charge is 0.461 e. The maximum atomic E-state index is 13.0. The summed E-state index contributed by atoms with van der Waals surface area (Å²) in [6.07, 6.45) is 0. The molecule has 0 radical (unpaired) electrons. The van der Waals surface area contributed by atoms with E-state index >= 15 is 0 Å². The molecule has 0 unspecified atom stereocenters. The van der Waals surface area contributed by atoms with E-state index in [-0.39, 0.29) is 46.9 Å². The molecule has 1 aliphatic rings. The van der Waals surface area contributed by atoms with Gasteiger partial charge in [0.2, 0.25) is 15.9 Å². The van der Waals surface area contributed by atoms with E-state index < -0.39 is 21.9 Å². The lowest BCUT2D eigenvalue weighted by Crippen LogP contribution is -2.49. The number of anilines is 1. The SMILES string of the molecule is CCOC(=O)c1csc(NC(=O)c2cccc(S(=O)(=O)N3CCN(C(C)=O)CC3)c2)n1. The number of carbonyl (C=O) groups is 3. The molecular weight excluding hydrogens is 444 g/mol. The second kappa shape index (κ2) is 9.54. The van der Waals surface area contributed by atoms with Crippen molar-refractivity contribution in [2.75, 3.05) is 38.1 Å². The van der Waals surface area contributed by atoms with Crippen LogP contribution in [0.15, 0.2) is 34.5 Å². The average molecular weight is 467 g/mol. The van der Waals surface area contributed by atoms with Crippen LogP contribution in [0.4, 0.5) is 5.13 Å². The summed E-state index contributed by atoms with van der Waals surface area (Å²) in [5, 5.41) is 4.22. The van der Waals surface area contributed by atoms with Crippen molar-refractivity contribution in [2.45, 2.75) is 18.7 Å². The fourth-order valence-corrected chi connectivity index (χ4v) is 5.13. The Kier molecular flexibility index (Phi) is 7.03. The van der Waals surface area contributed by atoms with Crippen LogP contribution in [-0.4, -0.2) is 73.2 Å². The Morgan fingerprint density at radius 1 is 1.19 bits per heavy atom. The fourth-order valence-electron chi connectivity index (χ4n) is 2.99. The zero-order valence-corrected chi connectivity index (χ0v) is 18.7.